The summed E-state index contributed by atoms with van der Waals surface area (Å²) in [5.41, 5.74) is 4.15. The van der Waals surface area contributed by atoms with Gasteiger partial charge in [0.1, 0.15) is 0 Å². The minimum atomic E-state index is 1.11. The smallest absolute Gasteiger partial charge is 0.0363 e. The van der Waals surface area contributed by atoms with Gasteiger partial charge in [-0.1, -0.05) is 55.8 Å². The Balaban J connectivity index is 1.88. The molecule has 2 rings (SSSR count). The first-order valence-corrected chi connectivity index (χ1v) is 7.63. The summed E-state index contributed by atoms with van der Waals surface area (Å²) in [5, 5.41) is 0. The van der Waals surface area contributed by atoms with E-state index in [2.05, 4.69) is 73.5 Å². The predicted octanol–water partition coefficient (Wildman–Crippen LogP) is 4.71. The maximum absolute atomic E-state index is 2.34. The molecule has 0 spiro atoms. The van der Waals surface area contributed by atoms with Crippen LogP contribution in [0.2, 0.25) is 0 Å². The Kier molecular flexibility index (Phi) is 5.67. The monoisotopic (exact) mass is 267 g/mol. The van der Waals surface area contributed by atoms with Gasteiger partial charge in [0.15, 0.2) is 0 Å². The third-order valence-corrected chi connectivity index (χ3v) is 3.77. The molecule has 0 aliphatic rings. The van der Waals surface area contributed by atoms with E-state index in [1.165, 1.54) is 29.7 Å². The molecule has 1 nitrogen and oxygen atoms in total. The lowest BCUT2D eigenvalue weighted by atomic mass is 10.0. The normalized spacial score (nSPS) is 10.5. The van der Waals surface area contributed by atoms with Crippen LogP contribution in [0.5, 0.6) is 0 Å². The van der Waals surface area contributed by atoms with Crippen LogP contribution in [-0.2, 0) is 12.8 Å². The summed E-state index contributed by atoms with van der Waals surface area (Å²) in [6, 6.07) is 19.7. The first kappa shape index (κ1) is 14.6. The van der Waals surface area contributed by atoms with Gasteiger partial charge in [0.25, 0.3) is 0 Å². The Morgan fingerprint density at radius 3 is 2.00 bits per heavy atom. The fourth-order valence-electron chi connectivity index (χ4n) is 2.37. The Morgan fingerprint density at radius 1 is 0.800 bits per heavy atom. The number of hydrogen-bond donors (Lipinski definition) is 0. The second-order valence-corrected chi connectivity index (χ2v) is 5.43. The van der Waals surface area contributed by atoms with Gasteiger partial charge in [-0.2, -0.15) is 0 Å². The van der Waals surface area contributed by atoms with E-state index in [-0.39, 0.29) is 0 Å². The highest BCUT2D eigenvalue weighted by molar-refractivity contribution is 5.46. The summed E-state index contributed by atoms with van der Waals surface area (Å²) in [6.45, 7) is 3.38. The number of nitrogens with zero attached hydrogens (tertiary/aromatic N) is 1. The van der Waals surface area contributed by atoms with Crippen molar-refractivity contribution in [1.82, 2.24) is 0 Å². The second kappa shape index (κ2) is 7.74. The van der Waals surface area contributed by atoms with Gasteiger partial charge in [0, 0.05) is 19.3 Å². The lowest BCUT2D eigenvalue weighted by molar-refractivity contribution is 0.766. The highest BCUT2D eigenvalue weighted by Gasteiger charge is 2.01. The molecule has 0 aliphatic heterocycles. The molecule has 0 aliphatic carbocycles. The van der Waals surface area contributed by atoms with Crippen LogP contribution in [0, 0.1) is 0 Å². The molecule has 2 aromatic carbocycles. The molecule has 0 saturated heterocycles. The lowest BCUT2D eigenvalue weighted by Crippen LogP contribution is -2.18. The van der Waals surface area contributed by atoms with Gasteiger partial charge in [-0.25, -0.2) is 0 Å². The zero-order chi connectivity index (χ0) is 14.2. The molecule has 0 amide bonds. The number of rotatable bonds is 7. The van der Waals surface area contributed by atoms with Gasteiger partial charge < -0.3 is 4.90 Å². The van der Waals surface area contributed by atoms with E-state index >= 15 is 0 Å². The summed E-state index contributed by atoms with van der Waals surface area (Å²) in [4.78, 5) is 2.34. The lowest BCUT2D eigenvalue weighted by Gasteiger charge is -2.19. The predicted molar refractivity (Wildman–Crippen MR) is 88.5 cm³/mol. The molecule has 0 radical (unpaired) electrons. The van der Waals surface area contributed by atoms with Crippen LogP contribution in [0.4, 0.5) is 5.69 Å². The minimum absolute atomic E-state index is 1.11. The molecular weight excluding hydrogens is 242 g/mol. The highest BCUT2D eigenvalue weighted by atomic mass is 15.1. The first-order valence-electron chi connectivity index (χ1n) is 7.63. The van der Waals surface area contributed by atoms with E-state index < -0.39 is 0 Å². The van der Waals surface area contributed by atoms with Crippen molar-refractivity contribution in [2.45, 2.75) is 32.6 Å². The molecule has 0 saturated carbocycles. The van der Waals surface area contributed by atoms with Crippen LogP contribution in [0.1, 0.15) is 30.9 Å². The molecule has 106 valence electrons. The van der Waals surface area contributed by atoms with Crippen molar-refractivity contribution in [2.24, 2.45) is 0 Å². The third kappa shape index (κ3) is 4.41. The fourth-order valence-corrected chi connectivity index (χ4v) is 2.37. The van der Waals surface area contributed by atoms with Crippen molar-refractivity contribution in [3.63, 3.8) is 0 Å². The zero-order valence-electron chi connectivity index (χ0n) is 12.7. The SMILES string of the molecule is CCCCN(C)c1ccc(CCc2ccccc2)cc1. The van der Waals surface area contributed by atoms with E-state index in [9.17, 15) is 0 Å². The molecule has 1 heteroatoms. The Hall–Kier alpha value is -1.76. The average molecular weight is 267 g/mol. The van der Waals surface area contributed by atoms with Crippen LogP contribution in [0.3, 0.4) is 0 Å². The van der Waals surface area contributed by atoms with Gasteiger partial charge in [0.2, 0.25) is 0 Å². The third-order valence-electron chi connectivity index (χ3n) is 3.77. The zero-order valence-corrected chi connectivity index (χ0v) is 12.7. The molecule has 0 heterocycles. The number of hydrogen-bond acceptors (Lipinski definition) is 1. The van der Waals surface area contributed by atoms with Crippen molar-refractivity contribution < 1.29 is 0 Å². The number of unbranched alkanes of at least 4 members (excludes halogenated alkanes) is 1. The van der Waals surface area contributed by atoms with Crippen molar-refractivity contribution in [3.05, 3.63) is 65.7 Å². The highest BCUT2D eigenvalue weighted by Crippen LogP contribution is 2.16. The summed E-state index contributed by atoms with van der Waals surface area (Å²) in [5.74, 6) is 0. The summed E-state index contributed by atoms with van der Waals surface area (Å²) in [7, 11) is 2.18. The van der Waals surface area contributed by atoms with E-state index in [0.717, 1.165) is 19.4 Å². The van der Waals surface area contributed by atoms with Gasteiger partial charge in [-0.05, 0) is 42.5 Å². The molecule has 2 aromatic rings. The summed E-state index contributed by atoms with van der Waals surface area (Å²) < 4.78 is 0. The topological polar surface area (TPSA) is 3.24 Å². The average Bonchev–Trinajstić information content (AvgIpc) is 2.52. The minimum Gasteiger partial charge on any atom is -0.375 e. The number of benzene rings is 2. The maximum atomic E-state index is 2.34. The van der Waals surface area contributed by atoms with Crippen LogP contribution in [-0.4, -0.2) is 13.6 Å². The van der Waals surface area contributed by atoms with Crippen LogP contribution in [0.25, 0.3) is 0 Å². The number of aryl methyl sites for hydroxylation is 2. The largest absolute Gasteiger partial charge is 0.375 e. The molecule has 0 aromatic heterocycles. The molecule has 20 heavy (non-hydrogen) atoms. The van der Waals surface area contributed by atoms with E-state index in [1.54, 1.807) is 0 Å². The molecular formula is C19H25N. The van der Waals surface area contributed by atoms with E-state index in [0.29, 0.717) is 0 Å². The molecule has 0 bridgehead atoms. The Morgan fingerprint density at radius 2 is 1.40 bits per heavy atom. The van der Waals surface area contributed by atoms with Crippen LogP contribution >= 0.6 is 0 Å². The Labute approximate surface area is 123 Å². The van der Waals surface area contributed by atoms with Gasteiger partial charge >= 0.3 is 0 Å². The van der Waals surface area contributed by atoms with Gasteiger partial charge in [-0.3, -0.25) is 0 Å². The summed E-state index contributed by atoms with van der Waals surface area (Å²) in [6.07, 6.45) is 4.74. The standard InChI is InChI=1S/C19H25N/c1-3-4-16-20(2)19-14-12-18(13-15-19)11-10-17-8-6-5-7-9-17/h5-9,12-15H,3-4,10-11,16H2,1-2H3. The van der Waals surface area contributed by atoms with Crippen molar-refractivity contribution in [3.8, 4) is 0 Å². The van der Waals surface area contributed by atoms with Gasteiger partial charge in [-0.15, -0.1) is 0 Å². The maximum Gasteiger partial charge on any atom is 0.0363 e. The van der Waals surface area contributed by atoms with Crippen molar-refractivity contribution >= 4 is 5.69 Å². The van der Waals surface area contributed by atoms with Gasteiger partial charge in [0.05, 0.1) is 0 Å². The fraction of sp³-hybridized carbons (Fsp3) is 0.368. The van der Waals surface area contributed by atoms with Crippen LogP contribution in [0.15, 0.2) is 54.6 Å². The quantitative estimate of drug-likeness (QED) is 0.702. The van der Waals surface area contributed by atoms with Crippen molar-refractivity contribution in [2.75, 3.05) is 18.5 Å². The first-order chi connectivity index (χ1) is 9.79. The second-order valence-electron chi connectivity index (χ2n) is 5.43. The van der Waals surface area contributed by atoms with Crippen LogP contribution < -0.4 is 4.90 Å². The molecule has 0 fully saturated rings. The Bertz CT molecular complexity index is 487. The van der Waals surface area contributed by atoms with E-state index in [1.807, 2.05) is 0 Å². The van der Waals surface area contributed by atoms with E-state index in [4.69, 9.17) is 0 Å². The molecule has 0 N–H and O–H groups in total. The van der Waals surface area contributed by atoms with Crippen molar-refractivity contribution in [1.29, 1.82) is 0 Å². The summed E-state index contributed by atoms with van der Waals surface area (Å²) >= 11 is 0. The molecule has 0 atom stereocenters. The number of anilines is 1. The molecule has 0 unspecified atom stereocenters.